The molecule has 0 aliphatic carbocycles. The van der Waals surface area contributed by atoms with Crippen LogP contribution in [0.1, 0.15) is 19.8 Å². The van der Waals surface area contributed by atoms with E-state index < -0.39 is 6.09 Å². The Hall–Kier alpha value is -1.10. The normalized spacial score (nSPS) is 21.6. The van der Waals surface area contributed by atoms with Gasteiger partial charge in [-0.15, -0.1) is 0 Å². The molecule has 0 aromatic carbocycles. The topological polar surface area (TPSA) is 69.6 Å². The average Bonchev–Trinajstić information content (AvgIpc) is 2.19. The van der Waals surface area contributed by atoms with Crippen LogP contribution in [0.3, 0.4) is 0 Å². The summed E-state index contributed by atoms with van der Waals surface area (Å²) in [5.41, 5.74) is 0. The van der Waals surface area contributed by atoms with E-state index in [0.29, 0.717) is 6.54 Å². The molecule has 1 rings (SSSR count). The first-order valence-corrected chi connectivity index (χ1v) is 4.91. The van der Waals surface area contributed by atoms with Gasteiger partial charge in [0, 0.05) is 13.1 Å². The largest absolute Gasteiger partial charge is 0.465 e. The molecule has 1 saturated heterocycles. The molecule has 2 amide bonds. The minimum Gasteiger partial charge on any atom is -0.465 e. The molecule has 80 valence electrons. The molecule has 1 atom stereocenters. The first-order chi connectivity index (χ1) is 6.66. The molecule has 5 nitrogen and oxygen atoms in total. The summed E-state index contributed by atoms with van der Waals surface area (Å²) in [4.78, 5) is 23.3. The number of nitrogens with zero attached hydrogens (tertiary/aromatic N) is 1. The minimum absolute atomic E-state index is 0.167. The van der Waals surface area contributed by atoms with Crippen LogP contribution in [0.25, 0.3) is 0 Å². The van der Waals surface area contributed by atoms with Crippen molar-refractivity contribution in [2.45, 2.75) is 19.8 Å². The Morgan fingerprint density at radius 1 is 1.57 bits per heavy atom. The number of imide groups is 1. The van der Waals surface area contributed by atoms with Crippen LogP contribution in [0, 0.1) is 5.92 Å². The lowest BCUT2D eigenvalue weighted by molar-refractivity contribution is -0.133. The van der Waals surface area contributed by atoms with Crippen molar-refractivity contribution in [2.24, 2.45) is 5.92 Å². The van der Waals surface area contributed by atoms with Crippen LogP contribution in [0.4, 0.5) is 4.79 Å². The highest BCUT2D eigenvalue weighted by Gasteiger charge is 2.28. The van der Waals surface area contributed by atoms with Crippen LogP contribution < -0.4 is 5.32 Å². The summed E-state index contributed by atoms with van der Waals surface area (Å²) in [6.07, 6.45) is 0.575. The van der Waals surface area contributed by atoms with E-state index in [1.165, 1.54) is 0 Å². The molecular formula is C9H16N2O3. The highest BCUT2D eigenvalue weighted by Crippen LogP contribution is 2.13. The third-order valence-electron chi connectivity index (χ3n) is 2.46. The average molecular weight is 200 g/mol. The molecule has 14 heavy (non-hydrogen) atoms. The van der Waals surface area contributed by atoms with Crippen molar-refractivity contribution in [3.8, 4) is 0 Å². The number of rotatable bonds is 2. The van der Waals surface area contributed by atoms with Crippen LogP contribution >= 0.6 is 0 Å². The zero-order chi connectivity index (χ0) is 10.6. The molecule has 0 saturated carbocycles. The number of piperidine rings is 1. The summed E-state index contributed by atoms with van der Waals surface area (Å²) in [6, 6.07) is 0. The summed E-state index contributed by atoms with van der Waals surface area (Å²) in [5, 5.41) is 11.9. The number of hydrogen-bond donors (Lipinski definition) is 2. The monoisotopic (exact) mass is 200 g/mol. The van der Waals surface area contributed by atoms with E-state index in [-0.39, 0.29) is 18.4 Å². The third-order valence-corrected chi connectivity index (χ3v) is 2.46. The van der Waals surface area contributed by atoms with Gasteiger partial charge in [0.2, 0.25) is 5.91 Å². The van der Waals surface area contributed by atoms with Crippen LogP contribution in [0.15, 0.2) is 0 Å². The second-order valence-electron chi connectivity index (χ2n) is 3.41. The molecule has 0 bridgehead atoms. The predicted octanol–water partition coefficient (Wildman–Crippen LogP) is 0.512. The maximum Gasteiger partial charge on any atom is 0.414 e. The molecule has 1 aliphatic heterocycles. The SMILES string of the molecule is CCN(C(=O)O)C(=O)C1CCCNC1. The van der Waals surface area contributed by atoms with Crippen LogP contribution in [-0.2, 0) is 4.79 Å². The van der Waals surface area contributed by atoms with Gasteiger partial charge in [0.1, 0.15) is 0 Å². The number of carboxylic acid groups (broad SMARTS) is 1. The molecule has 0 radical (unpaired) electrons. The highest BCUT2D eigenvalue weighted by molar-refractivity contribution is 5.92. The molecular weight excluding hydrogens is 184 g/mol. The number of carbonyl (C=O) groups excluding carboxylic acids is 1. The van der Waals surface area contributed by atoms with E-state index >= 15 is 0 Å². The van der Waals surface area contributed by atoms with Gasteiger partial charge in [-0.2, -0.15) is 0 Å². The summed E-state index contributed by atoms with van der Waals surface area (Å²) in [5.74, 6) is -0.438. The molecule has 2 N–H and O–H groups in total. The molecule has 1 heterocycles. The Labute approximate surface area is 83.1 Å². The number of hydrogen-bond acceptors (Lipinski definition) is 3. The van der Waals surface area contributed by atoms with Crippen LogP contribution in [0.2, 0.25) is 0 Å². The van der Waals surface area contributed by atoms with Gasteiger partial charge in [0.15, 0.2) is 0 Å². The van der Waals surface area contributed by atoms with E-state index in [0.717, 1.165) is 24.3 Å². The number of amides is 2. The fourth-order valence-corrected chi connectivity index (χ4v) is 1.67. The third kappa shape index (κ3) is 2.45. The van der Waals surface area contributed by atoms with Crippen molar-refractivity contribution in [1.29, 1.82) is 0 Å². The summed E-state index contributed by atoms with van der Waals surface area (Å²) in [7, 11) is 0. The zero-order valence-corrected chi connectivity index (χ0v) is 8.32. The van der Waals surface area contributed by atoms with Gasteiger partial charge in [-0.1, -0.05) is 0 Å². The van der Waals surface area contributed by atoms with Crippen molar-refractivity contribution in [1.82, 2.24) is 10.2 Å². The second kappa shape index (κ2) is 4.95. The van der Waals surface area contributed by atoms with Gasteiger partial charge in [-0.05, 0) is 26.3 Å². The maximum absolute atomic E-state index is 11.7. The van der Waals surface area contributed by atoms with E-state index in [4.69, 9.17) is 5.11 Å². The molecule has 5 heteroatoms. The van der Waals surface area contributed by atoms with Gasteiger partial charge in [-0.25, -0.2) is 9.69 Å². The fourth-order valence-electron chi connectivity index (χ4n) is 1.67. The summed E-state index contributed by atoms with van der Waals surface area (Å²) in [6.45, 7) is 3.42. The van der Waals surface area contributed by atoms with E-state index in [2.05, 4.69) is 5.32 Å². The Morgan fingerprint density at radius 2 is 2.29 bits per heavy atom. The quantitative estimate of drug-likeness (QED) is 0.681. The number of carbonyl (C=O) groups is 2. The minimum atomic E-state index is -1.15. The molecule has 1 fully saturated rings. The van der Waals surface area contributed by atoms with E-state index in [1.807, 2.05) is 0 Å². The first-order valence-electron chi connectivity index (χ1n) is 4.91. The van der Waals surface area contributed by atoms with Crippen LogP contribution in [0.5, 0.6) is 0 Å². The maximum atomic E-state index is 11.7. The van der Waals surface area contributed by atoms with Gasteiger partial charge in [0.25, 0.3) is 0 Å². The van der Waals surface area contributed by atoms with Crippen molar-refractivity contribution >= 4 is 12.0 Å². The lowest BCUT2D eigenvalue weighted by Gasteiger charge is -2.25. The standard InChI is InChI=1S/C9H16N2O3/c1-2-11(9(13)14)8(12)7-4-3-5-10-6-7/h7,10H,2-6H2,1H3,(H,13,14). The smallest absolute Gasteiger partial charge is 0.414 e. The Balaban J connectivity index is 2.56. The Morgan fingerprint density at radius 3 is 2.71 bits per heavy atom. The fraction of sp³-hybridized carbons (Fsp3) is 0.778. The van der Waals surface area contributed by atoms with Gasteiger partial charge in [-0.3, -0.25) is 4.79 Å². The van der Waals surface area contributed by atoms with Crippen molar-refractivity contribution in [3.05, 3.63) is 0 Å². The highest BCUT2D eigenvalue weighted by atomic mass is 16.4. The molecule has 0 spiro atoms. The zero-order valence-electron chi connectivity index (χ0n) is 8.32. The lowest BCUT2D eigenvalue weighted by atomic mass is 9.98. The number of nitrogens with one attached hydrogen (secondary N) is 1. The van der Waals surface area contributed by atoms with Crippen molar-refractivity contribution < 1.29 is 14.7 Å². The van der Waals surface area contributed by atoms with E-state index in [9.17, 15) is 9.59 Å². The van der Waals surface area contributed by atoms with Crippen molar-refractivity contribution in [3.63, 3.8) is 0 Å². The molecule has 0 aromatic rings. The second-order valence-corrected chi connectivity index (χ2v) is 3.41. The Bertz CT molecular complexity index is 224. The molecule has 1 unspecified atom stereocenters. The Kier molecular flexibility index (Phi) is 3.88. The lowest BCUT2D eigenvalue weighted by Crippen LogP contribution is -2.45. The molecule has 0 aromatic heterocycles. The van der Waals surface area contributed by atoms with Crippen LogP contribution in [-0.4, -0.2) is 41.6 Å². The molecule has 1 aliphatic rings. The predicted molar refractivity (Wildman–Crippen MR) is 51.0 cm³/mol. The van der Waals surface area contributed by atoms with Gasteiger partial charge < -0.3 is 10.4 Å². The van der Waals surface area contributed by atoms with Gasteiger partial charge in [0.05, 0.1) is 5.92 Å². The van der Waals surface area contributed by atoms with E-state index in [1.54, 1.807) is 6.92 Å². The van der Waals surface area contributed by atoms with Gasteiger partial charge >= 0.3 is 6.09 Å². The first kappa shape index (κ1) is 11.0. The van der Waals surface area contributed by atoms with Crippen molar-refractivity contribution in [2.75, 3.05) is 19.6 Å². The summed E-state index contributed by atoms with van der Waals surface area (Å²) < 4.78 is 0. The summed E-state index contributed by atoms with van der Waals surface area (Å²) >= 11 is 0.